The van der Waals surface area contributed by atoms with Crippen LogP contribution in [-0.4, -0.2) is 68.8 Å². The van der Waals surface area contributed by atoms with Gasteiger partial charge in [-0.2, -0.15) is 13.2 Å². The Bertz CT molecular complexity index is 1500. The van der Waals surface area contributed by atoms with Gasteiger partial charge in [-0.1, -0.05) is 24.3 Å². The number of nitrogens with two attached hydrogens (primary N) is 2. The second-order valence-corrected chi connectivity index (χ2v) is 10.1. The first-order valence-electron chi connectivity index (χ1n) is 13.1. The van der Waals surface area contributed by atoms with Crippen molar-refractivity contribution in [3.63, 3.8) is 0 Å². The molecule has 0 spiro atoms. The van der Waals surface area contributed by atoms with E-state index in [2.05, 4.69) is 10.2 Å². The fourth-order valence-electron chi connectivity index (χ4n) is 5.12. The summed E-state index contributed by atoms with van der Waals surface area (Å²) in [5, 5.41) is 22.8. The third kappa shape index (κ3) is 5.97. The van der Waals surface area contributed by atoms with Crippen molar-refractivity contribution >= 4 is 23.1 Å². The van der Waals surface area contributed by atoms with Gasteiger partial charge in [0.1, 0.15) is 18.2 Å². The Kier molecular flexibility index (Phi) is 7.71. The summed E-state index contributed by atoms with van der Waals surface area (Å²) in [5.41, 5.74) is 13.3. The molecule has 220 valence electrons. The van der Waals surface area contributed by atoms with Crippen LogP contribution in [0.1, 0.15) is 24.0 Å². The van der Waals surface area contributed by atoms with E-state index in [1.807, 2.05) is 12.2 Å². The molecule has 0 saturated carbocycles. The standard InChI is InChI=1S/C28H28F5N9/c29-22-13-18(16-5-9-40(10-6-16)26(34)35)1-3-20(22)24-38-39-25(42(24)15-28(31,32)33)21-4-2-19(14-23(21)30)17-7-11-41(12-8-17)27(36)37/h1-5,7,13-14H,6,8-12,15H2,(H3,34,35)(H3,36,37). The number of hydrogen-bond donors (Lipinski definition) is 4. The molecule has 3 heterocycles. The predicted molar refractivity (Wildman–Crippen MR) is 149 cm³/mol. The summed E-state index contributed by atoms with van der Waals surface area (Å²) in [4.78, 5) is 3.30. The summed E-state index contributed by atoms with van der Waals surface area (Å²) in [7, 11) is 0. The molecule has 0 unspecified atom stereocenters. The molecule has 0 aliphatic carbocycles. The molecule has 0 atom stereocenters. The lowest BCUT2D eigenvalue weighted by Crippen LogP contribution is -2.39. The van der Waals surface area contributed by atoms with Gasteiger partial charge in [0.15, 0.2) is 23.6 Å². The first-order valence-corrected chi connectivity index (χ1v) is 13.1. The molecule has 0 fully saturated rings. The fourth-order valence-corrected chi connectivity index (χ4v) is 5.12. The van der Waals surface area contributed by atoms with Crippen LogP contribution in [0.5, 0.6) is 0 Å². The minimum atomic E-state index is -4.72. The number of rotatable bonds is 5. The molecule has 5 rings (SSSR count). The second-order valence-electron chi connectivity index (χ2n) is 10.1. The monoisotopic (exact) mass is 585 g/mol. The lowest BCUT2D eigenvalue weighted by Gasteiger charge is -2.26. The molecule has 2 aromatic carbocycles. The average Bonchev–Trinajstić information content (AvgIpc) is 3.34. The Labute approximate surface area is 237 Å². The summed E-state index contributed by atoms with van der Waals surface area (Å²) in [6, 6.07) is 8.28. The summed E-state index contributed by atoms with van der Waals surface area (Å²) in [6.07, 6.45) is -0.0664. The first kappa shape index (κ1) is 28.8. The minimum absolute atomic E-state index is 0.0650. The van der Waals surface area contributed by atoms with Crippen LogP contribution in [0, 0.1) is 22.5 Å². The second kappa shape index (κ2) is 11.3. The van der Waals surface area contributed by atoms with Crippen LogP contribution in [-0.2, 0) is 6.54 Å². The number of hydrogen-bond acceptors (Lipinski definition) is 4. The molecule has 14 heteroatoms. The molecule has 3 aromatic rings. The maximum atomic E-state index is 15.4. The zero-order chi connectivity index (χ0) is 30.2. The smallest absolute Gasteiger partial charge is 0.370 e. The predicted octanol–water partition coefficient (Wildman–Crippen LogP) is 4.42. The fraction of sp³-hybridized carbons (Fsp3) is 0.286. The van der Waals surface area contributed by atoms with E-state index in [1.54, 1.807) is 21.9 Å². The van der Waals surface area contributed by atoms with Crippen LogP contribution >= 0.6 is 0 Å². The highest BCUT2D eigenvalue weighted by Gasteiger charge is 2.33. The largest absolute Gasteiger partial charge is 0.406 e. The van der Waals surface area contributed by atoms with Crippen molar-refractivity contribution in [2.75, 3.05) is 26.2 Å². The van der Waals surface area contributed by atoms with Gasteiger partial charge < -0.3 is 21.3 Å². The molecule has 0 saturated heterocycles. The molecule has 6 N–H and O–H groups in total. The number of benzene rings is 2. The van der Waals surface area contributed by atoms with Gasteiger partial charge >= 0.3 is 6.18 Å². The zero-order valence-corrected chi connectivity index (χ0v) is 22.3. The third-order valence-electron chi connectivity index (χ3n) is 7.35. The molecule has 2 aliphatic heterocycles. The Morgan fingerprint density at radius 3 is 1.50 bits per heavy atom. The van der Waals surface area contributed by atoms with Gasteiger partial charge in [0.25, 0.3) is 0 Å². The SMILES string of the molecule is N=C(N)N1CC=C(c2ccc(-c3nnc(-c4ccc(C5=CCN(C(=N)N)CC5)cc4F)n3CC(F)(F)F)c(F)c2)CC1. The molecule has 2 aliphatic rings. The van der Waals surface area contributed by atoms with Crippen LogP contribution < -0.4 is 11.5 Å². The van der Waals surface area contributed by atoms with Crippen LogP contribution in [0.15, 0.2) is 48.6 Å². The van der Waals surface area contributed by atoms with Crippen molar-refractivity contribution in [1.29, 1.82) is 10.8 Å². The first-order chi connectivity index (χ1) is 19.9. The topological polar surface area (TPSA) is 137 Å². The van der Waals surface area contributed by atoms with E-state index < -0.39 is 24.4 Å². The molecular weight excluding hydrogens is 557 g/mol. The lowest BCUT2D eigenvalue weighted by molar-refractivity contribution is -0.140. The van der Waals surface area contributed by atoms with Crippen molar-refractivity contribution < 1.29 is 22.0 Å². The van der Waals surface area contributed by atoms with E-state index in [0.29, 0.717) is 54.7 Å². The van der Waals surface area contributed by atoms with Gasteiger partial charge in [0.2, 0.25) is 0 Å². The normalized spacial score (nSPS) is 15.8. The third-order valence-corrected chi connectivity index (χ3v) is 7.35. The van der Waals surface area contributed by atoms with Crippen LogP contribution in [0.4, 0.5) is 22.0 Å². The van der Waals surface area contributed by atoms with Gasteiger partial charge in [0, 0.05) is 26.2 Å². The number of guanidine groups is 2. The van der Waals surface area contributed by atoms with E-state index >= 15 is 8.78 Å². The van der Waals surface area contributed by atoms with Gasteiger partial charge in [-0.15, -0.1) is 10.2 Å². The Balaban J connectivity index is 1.47. The van der Waals surface area contributed by atoms with Gasteiger partial charge in [-0.3, -0.25) is 15.4 Å². The molecule has 1 aromatic heterocycles. The Morgan fingerprint density at radius 1 is 0.762 bits per heavy atom. The summed E-state index contributed by atoms with van der Waals surface area (Å²) in [5.74, 6) is -2.49. The molecule has 0 bridgehead atoms. The van der Waals surface area contributed by atoms with Gasteiger partial charge in [-0.25, -0.2) is 8.78 Å². The van der Waals surface area contributed by atoms with Crippen molar-refractivity contribution in [3.05, 3.63) is 71.3 Å². The molecule has 0 radical (unpaired) electrons. The zero-order valence-electron chi connectivity index (χ0n) is 22.3. The highest BCUT2D eigenvalue weighted by molar-refractivity contribution is 5.78. The van der Waals surface area contributed by atoms with Crippen molar-refractivity contribution in [2.45, 2.75) is 25.6 Å². The number of aromatic nitrogens is 3. The van der Waals surface area contributed by atoms with Crippen molar-refractivity contribution in [3.8, 4) is 22.8 Å². The Hall–Kier alpha value is -4.75. The quantitative estimate of drug-likeness (QED) is 0.199. The Morgan fingerprint density at radius 2 is 1.19 bits per heavy atom. The van der Waals surface area contributed by atoms with Gasteiger partial charge in [-0.05, 0) is 59.4 Å². The van der Waals surface area contributed by atoms with Gasteiger partial charge in [0.05, 0.1) is 11.1 Å². The summed E-state index contributed by atoms with van der Waals surface area (Å²) >= 11 is 0. The van der Waals surface area contributed by atoms with E-state index in [-0.39, 0.29) is 34.7 Å². The van der Waals surface area contributed by atoms with E-state index in [0.717, 1.165) is 11.1 Å². The average molecular weight is 586 g/mol. The van der Waals surface area contributed by atoms with Crippen LogP contribution in [0.25, 0.3) is 33.9 Å². The van der Waals surface area contributed by atoms with E-state index in [1.165, 1.54) is 24.3 Å². The highest BCUT2D eigenvalue weighted by atomic mass is 19.4. The minimum Gasteiger partial charge on any atom is -0.370 e. The maximum Gasteiger partial charge on any atom is 0.406 e. The van der Waals surface area contributed by atoms with E-state index in [4.69, 9.17) is 22.3 Å². The number of nitrogens with one attached hydrogen (secondary N) is 2. The summed E-state index contributed by atoms with van der Waals surface area (Å²) < 4.78 is 72.4. The number of alkyl halides is 3. The highest BCUT2D eigenvalue weighted by Crippen LogP contribution is 2.34. The molecule has 9 nitrogen and oxygen atoms in total. The van der Waals surface area contributed by atoms with Crippen LogP contribution in [0.2, 0.25) is 0 Å². The van der Waals surface area contributed by atoms with E-state index in [9.17, 15) is 13.2 Å². The maximum absolute atomic E-state index is 15.4. The van der Waals surface area contributed by atoms with Crippen molar-refractivity contribution in [1.82, 2.24) is 24.6 Å². The molecular formula is C28H28F5N9. The molecule has 42 heavy (non-hydrogen) atoms. The van der Waals surface area contributed by atoms with Crippen molar-refractivity contribution in [2.24, 2.45) is 11.5 Å². The number of nitrogens with zero attached hydrogens (tertiary/aromatic N) is 5. The number of halogens is 5. The summed E-state index contributed by atoms with van der Waals surface area (Å²) in [6.45, 7) is 0.176. The van der Waals surface area contributed by atoms with Crippen LogP contribution in [0.3, 0.4) is 0 Å². The molecule has 0 amide bonds. The lowest BCUT2D eigenvalue weighted by atomic mass is 9.97.